The largest absolute Gasteiger partial charge is 0.506 e. The van der Waals surface area contributed by atoms with Gasteiger partial charge in [0.05, 0.1) is 50.0 Å². The number of rotatable bonds is 12. The highest BCUT2D eigenvalue weighted by Crippen LogP contribution is 2.44. The minimum Gasteiger partial charge on any atom is -0.506 e. The number of azo groups is 3. The quantitative estimate of drug-likeness (QED) is 0.0419. The van der Waals surface area contributed by atoms with Crippen molar-refractivity contribution in [1.82, 2.24) is 5.43 Å². The average Bonchev–Trinajstić information content (AvgIpc) is 3.77. The summed E-state index contributed by atoms with van der Waals surface area (Å²) in [5.41, 5.74) is 4.09. The third kappa shape index (κ3) is 10.5. The van der Waals surface area contributed by atoms with E-state index in [0.717, 1.165) is 18.2 Å². The van der Waals surface area contributed by atoms with Gasteiger partial charge in [-0.2, -0.15) is 78.2 Å². The van der Waals surface area contributed by atoms with E-state index in [1.165, 1.54) is 65.8 Å². The van der Waals surface area contributed by atoms with E-state index >= 15 is 0 Å². The summed E-state index contributed by atoms with van der Waals surface area (Å²) < 4.78 is 171. The Balaban J connectivity index is 0.949. The summed E-state index contributed by atoms with van der Waals surface area (Å²) in [5.74, 6) is -1.25. The van der Waals surface area contributed by atoms with E-state index in [4.69, 9.17) is 0 Å². The molecule has 0 fully saturated rings. The van der Waals surface area contributed by atoms with Gasteiger partial charge in [0.1, 0.15) is 31.8 Å². The molecule has 0 amide bonds. The Morgan fingerprint density at radius 3 is 1.77 bits per heavy atom. The van der Waals surface area contributed by atoms with Crippen LogP contribution in [0.15, 0.2) is 163 Å². The maximum absolute atomic E-state index is 12.7. The monoisotopic (exact) mass is 1120 g/mol. The number of anilines is 1. The van der Waals surface area contributed by atoms with Gasteiger partial charge in [-0.3, -0.25) is 22.8 Å². The zero-order valence-electron chi connectivity index (χ0n) is 37.8. The molecule has 7 aromatic rings. The second-order valence-corrected chi connectivity index (χ2v) is 23.5. The number of fused-ring (bicyclic) bond motifs is 5. The molecule has 0 spiro atoms. The Labute approximate surface area is 424 Å². The molecule has 7 aromatic carbocycles. The van der Waals surface area contributed by atoms with Crippen LogP contribution in [-0.2, 0) is 50.6 Å². The molecule has 1 atom stereocenters. The Kier molecular flexibility index (Phi) is 12.9. The first kappa shape index (κ1) is 52.1. The van der Waals surface area contributed by atoms with Crippen molar-refractivity contribution < 1.29 is 75.1 Å². The number of hydrazine groups is 1. The molecule has 9 rings (SSSR count). The zero-order chi connectivity index (χ0) is 54.3. The van der Waals surface area contributed by atoms with Gasteiger partial charge in [-0.15, -0.1) is 10.2 Å². The Hall–Kier alpha value is -7.82. The van der Waals surface area contributed by atoms with Crippen LogP contribution in [0.5, 0.6) is 11.5 Å². The summed E-state index contributed by atoms with van der Waals surface area (Å²) in [4.78, 5) is -4.04. The lowest BCUT2D eigenvalue weighted by molar-refractivity contribution is 0.471. The Morgan fingerprint density at radius 1 is 0.520 bits per heavy atom. The van der Waals surface area contributed by atoms with E-state index in [-0.39, 0.29) is 61.1 Å². The molecule has 0 bridgehead atoms. The number of hydrogen-bond donors (Lipinski definition) is 8. The summed E-state index contributed by atoms with van der Waals surface area (Å²) in [5, 5.41) is 52.5. The number of hydrogen-bond acceptors (Lipinski definition) is 21. The number of aromatic hydroxyl groups is 2. The number of aryl methyl sites for hydroxylation is 2. The molecule has 0 aromatic heterocycles. The molecule has 1 heterocycles. The van der Waals surface area contributed by atoms with Crippen molar-refractivity contribution in [3.63, 3.8) is 0 Å². The van der Waals surface area contributed by atoms with Gasteiger partial charge in [0, 0.05) is 28.0 Å². The van der Waals surface area contributed by atoms with Crippen LogP contribution >= 0.6 is 0 Å². The van der Waals surface area contributed by atoms with Gasteiger partial charge in [0.2, 0.25) is 0 Å². The molecule has 386 valence electrons. The molecule has 0 saturated heterocycles. The first-order chi connectivity index (χ1) is 34.9. The summed E-state index contributed by atoms with van der Waals surface area (Å²) in [6.07, 6.45) is 2.76. The molecule has 1 unspecified atom stereocenters. The highest BCUT2D eigenvalue weighted by Gasteiger charge is 2.35. The number of nitrogens with one attached hydrogen (secondary N) is 1. The van der Waals surface area contributed by atoms with Crippen LogP contribution < -0.4 is 10.5 Å². The normalized spacial score (nSPS) is 15.4. The maximum atomic E-state index is 12.7. The molecule has 31 heteroatoms. The summed E-state index contributed by atoms with van der Waals surface area (Å²) in [7, 11) is -24.8. The lowest BCUT2D eigenvalue weighted by atomic mass is 9.92. The van der Waals surface area contributed by atoms with Crippen LogP contribution in [0, 0.1) is 13.8 Å². The minimum atomic E-state index is -5.13. The summed E-state index contributed by atoms with van der Waals surface area (Å²) in [6, 6.07) is 18.7. The van der Waals surface area contributed by atoms with Gasteiger partial charge in [-0.05, 0) is 121 Å². The predicted octanol–water partition coefficient (Wildman–Crippen LogP) is 8.63. The van der Waals surface area contributed by atoms with Crippen molar-refractivity contribution in [1.29, 1.82) is 0 Å². The third-order valence-electron chi connectivity index (χ3n) is 11.5. The standard InChI is InChI=1S/C44H33N9O17S5/c1-21-11-25(5-9-34(21)47-46-26-4-3-23-14-28(71(56,57)58)18-40(32(23)16-26)74(65,66)67)45-48-36-20-38(54)37(12-22(36)2)49-50-43-41(75(68,69)70)15-24-13-27(6-7-30(24)44(43)55)53-51-35-10-8-31-33(42(35)52-53)17-29(72(59,60)61)19-39(31)73(62,63)64/h3-20,35,51,54-55H,1-2H3,(H,56,57,58)(H,59,60,61)(H,62,63,64)(H,65,66,67)(H,68,69,70). The fraction of sp³-hybridized carbons (Fsp3) is 0.0682. The molecule has 0 radical (unpaired) electrons. The first-order valence-corrected chi connectivity index (χ1v) is 28.1. The highest BCUT2D eigenvalue weighted by molar-refractivity contribution is 7.87. The van der Waals surface area contributed by atoms with Crippen molar-refractivity contribution in [2.75, 3.05) is 5.12 Å². The fourth-order valence-electron chi connectivity index (χ4n) is 7.89. The number of benzene rings is 7. The van der Waals surface area contributed by atoms with Crippen molar-refractivity contribution in [3.8, 4) is 11.5 Å². The average molecular weight is 1120 g/mol. The van der Waals surface area contributed by atoms with Crippen molar-refractivity contribution >= 4 is 124 Å². The van der Waals surface area contributed by atoms with Gasteiger partial charge in [0.15, 0.2) is 5.75 Å². The van der Waals surface area contributed by atoms with Crippen LogP contribution in [0.4, 0.5) is 39.8 Å². The number of nitrogens with zero attached hydrogens (tertiary/aromatic N) is 8. The van der Waals surface area contributed by atoms with Gasteiger partial charge < -0.3 is 10.2 Å². The van der Waals surface area contributed by atoms with Crippen LogP contribution in [0.1, 0.15) is 22.3 Å². The third-order valence-corrected chi connectivity index (χ3v) is 15.8. The molecule has 0 saturated carbocycles. The van der Waals surface area contributed by atoms with Gasteiger partial charge in [-0.25, -0.2) is 0 Å². The molecule has 26 nitrogen and oxygen atoms in total. The van der Waals surface area contributed by atoms with Crippen LogP contribution in [-0.4, -0.2) is 86.8 Å². The van der Waals surface area contributed by atoms with Crippen molar-refractivity contribution in [2.45, 2.75) is 44.4 Å². The SMILES string of the molecule is Cc1cc(N=Nc2cc(O)c(N=Nc3c(S(=O)(=O)O)cc4cc(N5N=C6c7cc(S(=O)(=O)O)cc(S(=O)(=O)O)c7C=CC6N5)ccc4c3O)cc2C)ccc1N=Nc1ccc2cc(S(=O)(=O)O)cc(S(=O)(=O)O)c2c1. The second kappa shape index (κ2) is 18.5. The zero-order valence-corrected chi connectivity index (χ0v) is 41.9. The smallest absolute Gasteiger partial charge is 0.296 e. The molecule has 75 heavy (non-hydrogen) atoms. The maximum Gasteiger partial charge on any atom is 0.296 e. The van der Waals surface area contributed by atoms with Crippen LogP contribution in [0.3, 0.4) is 0 Å². The molecule has 1 aliphatic heterocycles. The Morgan fingerprint density at radius 2 is 1.12 bits per heavy atom. The first-order valence-electron chi connectivity index (χ1n) is 20.9. The Bertz CT molecular complexity index is 4430. The minimum absolute atomic E-state index is 0.00986. The molecule has 2 aliphatic rings. The second-order valence-electron chi connectivity index (χ2n) is 16.5. The van der Waals surface area contributed by atoms with E-state index in [1.54, 1.807) is 32.0 Å². The van der Waals surface area contributed by atoms with Crippen molar-refractivity contribution in [2.24, 2.45) is 35.8 Å². The van der Waals surface area contributed by atoms with Gasteiger partial charge in [0.25, 0.3) is 50.6 Å². The lowest BCUT2D eigenvalue weighted by Gasteiger charge is -2.20. The lowest BCUT2D eigenvalue weighted by Crippen LogP contribution is -2.38. The van der Waals surface area contributed by atoms with E-state index in [1.807, 2.05) is 0 Å². The van der Waals surface area contributed by atoms with Crippen molar-refractivity contribution in [3.05, 3.63) is 125 Å². The highest BCUT2D eigenvalue weighted by atomic mass is 32.2. The molecule has 1 aliphatic carbocycles. The van der Waals surface area contributed by atoms with Gasteiger partial charge in [-0.1, -0.05) is 18.2 Å². The van der Waals surface area contributed by atoms with E-state index in [2.05, 4.69) is 41.2 Å². The van der Waals surface area contributed by atoms with E-state index in [9.17, 15) is 75.1 Å². The summed E-state index contributed by atoms with van der Waals surface area (Å²) in [6.45, 7) is 3.28. The topological polar surface area (TPSA) is 414 Å². The fourth-order valence-corrected chi connectivity index (χ4v) is 11.2. The molecular formula is C44H33N9O17S5. The number of hydrazone groups is 1. The number of phenolic OH excluding ortho intramolecular Hbond substituents is 2. The van der Waals surface area contributed by atoms with Crippen LogP contribution in [0.25, 0.3) is 27.6 Å². The molecular weight excluding hydrogens is 1090 g/mol. The van der Waals surface area contributed by atoms with Crippen LogP contribution in [0.2, 0.25) is 0 Å². The molecule has 8 N–H and O–H groups in total. The summed E-state index contributed by atoms with van der Waals surface area (Å²) >= 11 is 0. The van der Waals surface area contributed by atoms with E-state index in [0.29, 0.717) is 34.6 Å². The van der Waals surface area contributed by atoms with Gasteiger partial charge >= 0.3 is 0 Å². The predicted molar refractivity (Wildman–Crippen MR) is 267 cm³/mol. The van der Waals surface area contributed by atoms with E-state index < -0.39 is 98.3 Å². The number of phenols is 2.